The molecule has 0 aliphatic rings. The van der Waals surface area contributed by atoms with Gasteiger partial charge in [0.05, 0.1) is 6.04 Å². The first-order valence-corrected chi connectivity index (χ1v) is 6.68. The van der Waals surface area contributed by atoms with E-state index >= 15 is 0 Å². The molecule has 0 fully saturated rings. The van der Waals surface area contributed by atoms with Crippen molar-refractivity contribution in [2.24, 2.45) is 0 Å². The minimum absolute atomic E-state index is 0.143. The van der Waals surface area contributed by atoms with E-state index in [2.05, 4.69) is 40.9 Å². The van der Waals surface area contributed by atoms with E-state index in [1.54, 1.807) is 0 Å². The van der Waals surface area contributed by atoms with Gasteiger partial charge in [-0.15, -0.1) is 10.2 Å². The number of H-pyrrole nitrogens is 1. The van der Waals surface area contributed by atoms with Crippen LogP contribution in [0.2, 0.25) is 5.28 Å². The van der Waals surface area contributed by atoms with Crippen molar-refractivity contribution in [3.8, 4) is 0 Å². The highest BCUT2D eigenvalue weighted by molar-refractivity contribution is 6.28. The van der Waals surface area contributed by atoms with Crippen LogP contribution in [0.25, 0.3) is 0 Å². The van der Waals surface area contributed by atoms with E-state index in [1.165, 1.54) is 0 Å². The molecular formula is C10H16ClN9. The lowest BCUT2D eigenvalue weighted by Gasteiger charge is -2.19. The zero-order chi connectivity index (χ0) is 14.5. The van der Waals surface area contributed by atoms with Crippen molar-refractivity contribution >= 4 is 23.5 Å². The van der Waals surface area contributed by atoms with Crippen molar-refractivity contribution in [2.75, 3.05) is 23.3 Å². The third kappa shape index (κ3) is 3.29. The SMILES string of the molecule is CCN(CC)c1nc(Cl)nc(NC(C)c2nn[nH]n2)n1. The Labute approximate surface area is 121 Å². The molecule has 0 amide bonds. The quantitative estimate of drug-likeness (QED) is 0.814. The summed E-state index contributed by atoms with van der Waals surface area (Å²) >= 11 is 5.94. The molecule has 20 heavy (non-hydrogen) atoms. The molecule has 1 atom stereocenters. The van der Waals surface area contributed by atoms with Gasteiger partial charge in [-0.2, -0.15) is 20.2 Å². The number of nitrogens with zero attached hydrogens (tertiary/aromatic N) is 7. The summed E-state index contributed by atoms with van der Waals surface area (Å²) in [6.07, 6.45) is 0. The fourth-order valence-corrected chi connectivity index (χ4v) is 1.82. The van der Waals surface area contributed by atoms with Gasteiger partial charge in [0.15, 0.2) is 5.82 Å². The topological polar surface area (TPSA) is 108 Å². The number of anilines is 2. The van der Waals surface area contributed by atoms with Crippen molar-refractivity contribution in [3.63, 3.8) is 0 Å². The number of nitrogens with one attached hydrogen (secondary N) is 2. The maximum absolute atomic E-state index is 5.94. The van der Waals surface area contributed by atoms with Crippen LogP contribution < -0.4 is 10.2 Å². The molecule has 10 heteroatoms. The molecule has 0 spiro atoms. The average molecular weight is 298 g/mol. The molecule has 2 rings (SSSR count). The van der Waals surface area contributed by atoms with Crippen LogP contribution in [0, 0.1) is 0 Å². The van der Waals surface area contributed by atoms with E-state index in [4.69, 9.17) is 11.6 Å². The number of hydrogen-bond acceptors (Lipinski definition) is 8. The summed E-state index contributed by atoms with van der Waals surface area (Å²) < 4.78 is 0. The first-order valence-electron chi connectivity index (χ1n) is 6.30. The van der Waals surface area contributed by atoms with Crippen LogP contribution in [0.4, 0.5) is 11.9 Å². The Morgan fingerprint density at radius 2 is 2.00 bits per heavy atom. The number of aromatic amines is 1. The number of tetrazole rings is 1. The molecule has 2 aromatic rings. The van der Waals surface area contributed by atoms with E-state index in [9.17, 15) is 0 Å². The number of halogens is 1. The van der Waals surface area contributed by atoms with Gasteiger partial charge in [0.2, 0.25) is 17.2 Å². The Hall–Kier alpha value is -2.03. The molecule has 9 nitrogen and oxygen atoms in total. The molecule has 0 aliphatic carbocycles. The molecule has 108 valence electrons. The molecule has 2 aromatic heterocycles. The van der Waals surface area contributed by atoms with Crippen LogP contribution >= 0.6 is 11.6 Å². The second-order valence-electron chi connectivity index (χ2n) is 4.04. The maximum atomic E-state index is 5.94. The summed E-state index contributed by atoms with van der Waals surface area (Å²) in [6, 6.07) is -0.197. The highest BCUT2D eigenvalue weighted by atomic mass is 35.5. The predicted molar refractivity (Wildman–Crippen MR) is 74.6 cm³/mol. The summed E-state index contributed by atoms with van der Waals surface area (Å²) in [4.78, 5) is 14.5. The monoisotopic (exact) mass is 297 g/mol. The number of rotatable bonds is 6. The van der Waals surface area contributed by atoms with Crippen LogP contribution in [0.3, 0.4) is 0 Å². The summed E-state index contributed by atoms with van der Waals surface area (Å²) in [7, 11) is 0. The smallest absolute Gasteiger partial charge is 0.231 e. The van der Waals surface area contributed by atoms with Crippen molar-refractivity contribution < 1.29 is 0 Å². The third-order valence-corrected chi connectivity index (χ3v) is 2.91. The fourth-order valence-electron chi connectivity index (χ4n) is 1.66. The molecule has 0 saturated carbocycles. The van der Waals surface area contributed by atoms with Gasteiger partial charge in [0.25, 0.3) is 0 Å². The summed E-state index contributed by atoms with van der Waals surface area (Å²) in [5.41, 5.74) is 0. The second-order valence-corrected chi connectivity index (χ2v) is 4.37. The fraction of sp³-hybridized carbons (Fsp3) is 0.600. The van der Waals surface area contributed by atoms with Gasteiger partial charge >= 0.3 is 0 Å². The minimum atomic E-state index is -0.197. The molecule has 0 bridgehead atoms. The van der Waals surface area contributed by atoms with Gasteiger partial charge in [-0.05, 0) is 32.4 Å². The molecule has 0 aliphatic heterocycles. The van der Waals surface area contributed by atoms with Gasteiger partial charge in [-0.25, -0.2) is 0 Å². The van der Waals surface area contributed by atoms with Gasteiger partial charge in [0, 0.05) is 13.1 Å². The Morgan fingerprint density at radius 1 is 1.25 bits per heavy atom. The van der Waals surface area contributed by atoms with Crippen LogP contribution in [0.5, 0.6) is 0 Å². The van der Waals surface area contributed by atoms with Crippen LogP contribution in [0.1, 0.15) is 32.6 Å². The Kier molecular flexibility index (Phi) is 4.61. The standard InChI is InChI=1S/C10H16ClN9/c1-4-20(5-2)10-14-8(11)13-9(15-10)12-6(3)7-16-18-19-17-7/h6H,4-5H2,1-3H3,(H,12,13,14,15)(H,16,17,18,19). The van der Waals surface area contributed by atoms with E-state index < -0.39 is 0 Å². The summed E-state index contributed by atoms with van der Waals surface area (Å²) in [5, 5.41) is 16.9. The highest BCUT2D eigenvalue weighted by Crippen LogP contribution is 2.17. The highest BCUT2D eigenvalue weighted by Gasteiger charge is 2.14. The molecule has 0 radical (unpaired) electrons. The van der Waals surface area contributed by atoms with Crippen molar-refractivity contribution in [2.45, 2.75) is 26.8 Å². The minimum Gasteiger partial charge on any atom is -0.344 e. The zero-order valence-electron chi connectivity index (χ0n) is 11.5. The van der Waals surface area contributed by atoms with Gasteiger partial charge < -0.3 is 10.2 Å². The average Bonchev–Trinajstić information content (AvgIpc) is 2.93. The number of aromatic nitrogens is 7. The first-order chi connectivity index (χ1) is 9.63. The molecule has 2 heterocycles. The lowest BCUT2D eigenvalue weighted by atomic mass is 10.3. The largest absolute Gasteiger partial charge is 0.344 e. The Balaban J connectivity index is 2.19. The third-order valence-electron chi connectivity index (χ3n) is 2.74. The summed E-state index contributed by atoms with van der Waals surface area (Å²) in [5.74, 6) is 1.44. The van der Waals surface area contributed by atoms with Crippen molar-refractivity contribution in [1.82, 2.24) is 35.6 Å². The molecule has 2 N–H and O–H groups in total. The molecule has 0 aromatic carbocycles. The lowest BCUT2D eigenvalue weighted by Crippen LogP contribution is -2.25. The van der Waals surface area contributed by atoms with Crippen molar-refractivity contribution in [1.29, 1.82) is 0 Å². The Bertz CT molecular complexity index is 540. The van der Waals surface area contributed by atoms with E-state index in [0.29, 0.717) is 17.7 Å². The first kappa shape index (κ1) is 14.4. The van der Waals surface area contributed by atoms with Gasteiger partial charge in [-0.3, -0.25) is 0 Å². The number of hydrogen-bond donors (Lipinski definition) is 2. The maximum Gasteiger partial charge on any atom is 0.231 e. The zero-order valence-corrected chi connectivity index (χ0v) is 12.3. The molecule has 1 unspecified atom stereocenters. The lowest BCUT2D eigenvalue weighted by molar-refractivity contribution is 0.767. The normalized spacial score (nSPS) is 12.2. The van der Waals surface area contributed by atoms with E-state index in [1.807, 2.05) is 25.7 Å². The van der Waals surface area contributed by atoms with E-state index in [0.717, 1.165) is 13.1 Å². The van der Waals surface area contributed by atoms with Gasteiger partial charge in [-0.1, -0.05) is 5.21 Å². The van der Waals surface area contributed by atoms with Crippen LogP contribution in [-0.4, -0.2) is 48.7 Å². The van der Waals surface area contributed by atoms with Gasteiger partial charge in [0.1, 0.15) is 0 Å². The second kappa shape index (κ2) is 6.42. The summed E-state index contributed by atoms with van der Waals surface area (Å²) in [6.45, 7) is 7.50. The van der Waals surface area contributed by atoms with Crippen LogP contribution in [-0.2, 0) is 0 Å². The van der Waals surface area contributed by atoms with E-state index in [-0.39, 0.29) is 11.3 Å². The molecule has 0 saturated heterocycles. The van der Waals surface area contributed by atoms with Crippen LogP contribution in [0.15, 0.2) is 0 Å². The molecular weight excluding hydrogens is 282 g/mol. The predicted octanol–water partition coefficient (Wildman–Crippen LogP) is 1.06. The van der Waals surface area contributed by atoms with Crippen molar-refractivity contribution in [3.05, 3.63) is 11.1 Å². The Morgan fingerprint density at radius 3 is 2.60 bits per heavy atom.